The Morgan fingerprint density at radius 3 is 2.80 bits per heavy atom. The highest BCUT2D eigenvalue weighted by molar-refractivity contribution is 7.98. The number of hydrogen-bond donors (Lipinski definition) is 1. The summed E-state index contributed by atoms with van der Waals surface area (Å²) in [5, 5.41) is 9.61. The Bertz CT molecular complexity index is 617. The molecule has 0 fully saturated rings. The lowest BCUT2D eigenvalue weighted by molar-refractivity contribution is -0.139. The molecule has 20 heavy (non-hydrogen) atoms. The van der Waals surface area contributed by atoms with Gasteiger partial charge in [-0.05, 0) is 6.26 Å². The van der Waals surface area contributed by atoms with Crippen molar-refractivity contribution in [3.05, 3.63) is 12.7 Å². The molecule has 2 rings (SSSR count). The minimum atomic E-state index is -1.09. The molecule has 0 aliphatic heterocycles. The quantitative estimate of drug-likeness (QED) is 0.426. The van der Waals surface area contributed by atoms with Crippen LogP contribution in [0.1, 0.15) is 6.23 Å². The Balaban J connectivity index is 2.40. The highest BCUT2D eigenvalue weighted by Crippen LogP contribution is 2.23. The SMILES string of the molecule is CSc1ncnc2c1ncn2[C@@H](C=O)O[C@@H](C=O)CO. The maximum Gasteiger partial charge on any atom is 0.193 e. The van der Waals surface area contributed by atoms with Crippen molar-refractivity contribution in [3.63, 3.8) is 0 Å². The van der Waals surface area contributed by atoms with E-state index in [1.54, 1.807) is 0 Å². The molecule has 0 unspecified atom stereocenters. The molecule has 8 nitrogen and oxygen atoms in total. The number of nitrogens with zero attached hydrogens (tertiary/aromatic N) is 4. The standard InChI is InChI=1S/C11H12N4O4S/c1-20-11-9-10(12-5-13-11)15(6-14-9)8(4-18)19-7(2-16)3-17/h2,4-8,17H,3H2,1H3/t7-,8+/m0/s1. The number of thioether (sulfide) groups is 1. The van der Waals surface area contributed by atoms with Crippen LogP contribution in [0.15, 0.2) is 17.7 Å². The molecule has 0 aromatic carbocycles. The van der Waals surface area contributed by atoms with Crippen LogP contribution in [0.2, 0.25) is 0 Å². The van der Waals surface area contributed by atoms with Crippen molar-refractivity contribution in [1.29, 1.82) is 0 Å². The van der Waals surface area contributed by atoms with Crippen molar-refractivity contribution in [1.82, 2.24) is 19.5 Å². The van der Waals surface area contributed by atoms with Gasteiger partial charge in [-0.15, -0.1) is 11.8 Å². The smallest absolute Gasteiger partial charge is 0.193 e. The first-order chi connectivity index (χ1) is 9.74. The molecule has 0 spiro atoms. The summed E-state index contributed by atoms with van der Waals surface area (Å²) in [6.45, 7) is -0.508. The number of aliphatic hydroxyl groups excluding tert-OH is 1. The minimum Gasteiger partial charge on any atom is -0.393 e. The highest BCUT2D eigenvalue weighted by atomic mass is 32.2. The summed E-state index contributed by atoms with van der Waals surface area (Å²) in [7, 11) is 0. The van der Waals surface area contributed by atoms with Gasteiger partial charge in [-0.3, -0.25) is 9.36 Å². The van der Waals surface area contributed by atoms with E-state index < -0.39 is 18.9 Å². The molecule has 0 saturated heterocycles. The number of aldehydes is 2. The summed E-state index contributed by atoms with van der Waals surface area (Å²) in [5.41, 5.74) is 0.964. The predicted molar refractivity (Wildman–Crippen MR) is 70.2 cm³/mol. The van der Waals surface area contributed by atoms with E-state index in [0.717, 1.165) is 0 Å². The molecule has 2 atom stereocenters. The molecule has 0 saturated carbocycles. The van der Waals surface area contributed by atoms with Crippen LogP contribution in [0.3, 0.4) is 0 Å². The Hall–Kier alpha value is -1.84. The molecule has 0 radical (unpaired) electrons. The van der Waals surface area contributed by atoms with Gasteiger partial charge in [-0.25, -0.2) is 15.0 Å². The van der Waals surface area contributed by atoms with Crippen molar-refractivity contribution < 1.29 is 19.4 Å². The van der Waals surface area contributed by atoms with Gasteiger partial charge in [0.2, 0.25) is 0 Å². The lowest BCUT2D eigenvalue weighted by atomic mass is 10.4. The molecule has 0 aliphatic carbocycles. The van der Waals surface area contributed by atoms with E-state index in [-0.39, 0.29) is 0 Å². The first-order valence-corrected chi connectivity index (χ1v) is 6.86. The van der Waals surface area contributed by atoms with Gasteiger partial charge in [0.05, 0.1) is 12.9 Å². The molecule has 0 aliphatic rings. The Kier molecular flexibility index (Phi) is 4.77. The van der Waals surface area contributed by atoms with E-state index in [4.69, 9.17) is 9.84 Å². The van der Waals surface area contributed by atoms with Crippen LogP contribution in [0.5, 0.6) is 0 Å². The maximum atomic E-state index is 11.1. The van der Waals surface area contributed by atoms with E-state index in [9.17, 15) is 9.59 Å². The third-order valence-electron chi connectivity index (χ3n) is 2.56. The molecular weight excluding hydrogens is 284 g/mol. The van der Waals surface area contributed by atoms with Gasteiger partial charge < -0.3 is 14.6 Å². The van der Waals surface area contributed by atoms with E-state index in [1.807, 2.05) is 6.26 Å². The average molecular weight is 296 g/mol. The summed E-state index contributed by atoms with van der Waals surface area (Å²) in [6, 6.07) is 0. The largest absolute Gasteiger partial charge is 0.393 e. The van der Waals surface area contributed by atoms with Crippen molar-refractivity contribution in [2.45, 2.75) is 17.4 Å². The number of fused-ring (bicyclic) bond motifs is 1. The first kappa shape index (κ1) is 14.6. The third kappa shape index (κ3) is 2.69. The summed E-state index contributed by atoms with van der Waals surface area (Å²) >= 11 is 1.40. The number of ether oxygens (including phenoxy) is 1. The van der Waals surface area contributed by atoms with E-state index in [1.165, 1.54) is 29.0 Å². The van der Waals surface area contributed by atoms with E-state index in [0.29, 0.717) is 28.8 Å². The lowest BCUT2D eigenvalue weighted by Crippen LogP contribution is -2.26. The zero-order valence-electron chi connectivity index (χ0n) is 10.5. The molecule has 106 valence electrons. The summed E-state index contributed by atoms with van der Waals surface area (Å²) in [5.74, 6) is 0. The first-order valence-electron chi connectivity index (χ1n) is 5.63. The van der Waals surface area contributed by atoms with Gasteiger partial charge in [-0.2, -0.15) is 0 Å². The van der Waals surface area contributed by atoms with Crippen molar-refractivity contribution in [2.75, 3.05) is 12.9 Å². The fourth-order valence-electron chi connectivity index (χ4n) is 1.63. The highest BCUT2D eigenvalue weighted by Gasteiger charge is 2.20. The fourth-order valence-corrected chi connectivity index (χ4v) is 2.12. The van der Waals surface area contributed by atoms with Crippen LogP contribution in [0.25, 0.3) is 11.2 Å². The summed E-state index contributed by atoms with van der Waals surface area (Å²) in [6.07, 6.45) is 3.36. The Morgan fingerprint density at radius 2 is 2.20 bits per heavy atom. The second-order valence-electron chi connectivity index (χ2n) is 3.73. The van der Waals surface area contributed by atoms with E-state index in [2.05, 4.69) is 15.0 Å². The molecule has 2 heterocycles. The van der Waals surface area contributed by atoms with Crippen LogP contribution in [-0.4, -0.2) is 56.2 Å². The van der Waals surface area contributed by atoms with Gasteiger partial charge in [0.25, 0.3) is 0 Å². The second-order valence-corrected chi connectivity index (χ2v) is 4.52. The van der Waals surface area contributed by atoms with Gasteiger partial charge in [-0.1, -0.05) is 0 Å². The van der Waals surface area contributed by atoms with Crippen LogP contribution in [0.4, 0.5) is 0 Å². The normalized spacial score (nSPS) is 14.1. The van der Waals surface area contributed by atoms with Gasteiger partial charge in [0.15, 0.2) is 24.4 Å². The monoisotopic (exact) mass is 296 g/mol. The van der Waals surface area contributed by atoms with Gasteiger partial charge >= 0.3 is 0 Å². The average Bonchev–Trinajstić information content (AvgIpc) is 2.92. The Morgan fingerprint density at radius 1 is 1.40 bits per heavy atom. The zero-order valence-corrected chi connectivity index (χ0v) is 11.4. The molecule has 2 aromatic heterocycles. The number of aliphatic hydroxyl groups is 1. The number of carbonyl (C=O) groups excluding carboxylic acids is 2. The van der Waals surface area contributed by atoms with Crippen molar-refractivity contribution in [3.8, 4) is 0 Å². The maximum absolute atomic E-state index is 11.1. The topological polar surface area (TPSA) is 107 Å². The van der Waals surface area contributed by atoms with Crippen LogP contribution in [0, 0.1) is 0 Å². The molecular formula is C11H12N4O4S. The van der Waals surface area contributed by atoms with Gasteiger partial charge in [0, 0.05) is 0 Å². The third-order valence-corrected chi connectivity index (χ3v) is 3.24. The van der Waals surface area contributed by atoms with Crippen LogP contribution in [-0.2, 0) is 14.3 Å². The number of rotatable bonds is 7. The van der Waals surface area contributed by atoms with Crippen LogP contribution < -0.4 is 0 Å². The fraction of sp³-hybridized carbons (Fsp3) is 0.364. The summed E-state index contributed by atoms with van der Waals surface area (Å²) < 4.78 is 6.58. The van der Waals surface area contributed by atoms with Crippen molar-refractivity contribution >= 4 is 35.5 Å². The number of hydrogen-bond acceptors (Lipinski definition) is 8. The van der Waals surface area contributed by atoms with Gasteiger partial charge in [0.1, 0.15) is 23.0 Å². The minimum absolute atomic E-state index is 0.420. The lowest BCUT2D eigenvalue weighted by Gasteiger charge is -2.16. The molecule has 2 aromatic rings. The molecule has 0 amide bonds. The molecule has 1 N–H and O–H groups in total. The van der Waals surface area contributed by atoms with Crippen molar-refractivity contribution in [2.24, 2.45) is 0 Å². The Labute approximate surface area is 118 Å². The molecule has 9 heteroatoms. The second kappa shape index (κ2) is 6.55. The van der Waals surface area contributed by atoms with E-state index >= 15 is 0 Å². The number of imidazole rings is 1. The summed E-state index contributed by atoms with van der Waals surface area (Å²) in [4.78, 5) is 34.1. The molecule has 0 bridgehead atoms. The zero-order chi connectivity index (χ0) is 14.5. The number of carbonyl (C=O) groups is 2. The van der Waals surface area contributed by atoms with Crippen LogP contribution >= 0.6 is 11.8 Å². The number of aromatic nitrogens is 4. The predicted octanol–water partition coefficient (Wildman–Crippen LogP) is -0.178.